The molecule has 0 radical (unpaired) electrons. The van der Waals surface area contributed by atoms with Gasteiger partial charge in [-0.15, -0.1) is 0 Å². The topological polar surface area (TPSA) is 69.2 Å². The summed E-state index contributed by atoms with van der Waals surface area (Å²) in [6, 6.07) is 0. The fourth-order valence-corrected chi connectivity index (χ4v) is 0.833. The average molecular weight is 246 g/mol. The van der Waals surface area contributed by atoms with Gasteiger partial charge >= 0.3 is 6.09 Å². The zero-order chi connectivity index (χ0) is 13.3. The van der Waals surface area contributed by atoms with Crippen LogP contribution in [-0.4, -0.2) is 45.8 Å². The molecule has 0 aliphatic heterocycles. The summed E-state index contributed by atoms with van der Waals surface area (Å²) in [6.45, 7) is 7.22. The first kappa shape index (κ1) is 15.9. The normalized spacial score (nSPS) is 12.4. The van der Waals surface area contributed by atoms with Crippen LogP contribution in [0.4, 0.5) is 4.79 Å². The molecule has 1 N–H and O–H groups in total. The summed E-state index contributed by atoms with van der Waals surface area (Å²) < 4.78 is 10.2. The smallest absolute Gasteiger partial charge is 0.382 e. The van der Waals surface area contributed by atoms with Gasteiger partial charge in [-0.05, 0) is 0 Å². The molecule has 6 heteroatoms. The van der Waals surface area contributed by atoms with E-state index in [0.29, 0.717) is 25.5 Å². The van der Waals surface area contributed by atoms with E-state index in [4.69, 9.17) is 9.47 Å². The Morgan fingerprint density at radius 2 is 1.94 bits per heavy atom. The highest BCUT2D eigenvalue weighted by molar-refractivity contribution is 5.90. The van der Waals surface area contributed by atoms with Crippen LogP contribution in [-0.2, 0) is 14.3 Å². The van der Waals surface area contributed by atoms with Crippen LogP contribution in [0, 0.1) is 5.41 Å². The van der Waals surface area contributed by atoms with E-state index < -0.39 is 6.09 Å². The van der Waals surface area contributed by atoms with Crippen molar-refractivity contribution in [1.82, 2.24) is 5.32 Å². The molecule has 0 aromatic rings. The van der Waals surface area contributed by atoms with Crippen LogP contribution in [0.5, 0.6) is 0 Å². The molecule has 0 aliphatic carbocycles. The Morgan fingerprint density at radius 3 is 2.41 bits per heavy atom. The lowest BCUT2D eigenvalue weighted by molar-refractivity contribution is 0.0859. The molecule has 0 rings (SSSR count). The number of hydrogen-bond acceptors (Lipinski definition) is 5. The summed E-state index contributed by atoms with van der Waals surface area (Å²) in [7, 11) is 3.08. The highest BCUT2D eigenvalue weighted by Gasteiger charge is 2.20. The van der Waals surface area contributed by atoms with E-state index in [2.05, 4.69) is 15.3 Å². The number of nitrogens with zero attached hydrogens (tertiary/aromatic N) is 1. The van der Waals surface area contributed by atoms with Gasteiger partial charge < -0.3 is 14.8 Å². The third kappa shape index (κ3) is 7.70. The van der Waals surface area contributed by atoms with Gasteiger partial charge in [0.1, 0.15) is 0 Å². The summed E-state index contributed by atoms with van der Waals surface area (Å²) in [6.07, 6.45) is -0.594. The second-order valence-corrected chi connectivity index (χ2v) is 4.46. The van der Waals surface area contributed by atoms with Gasteiger partial charge in [0.2, 0.25) is 0 Å². The summed E-state index contributed by atoms with van der Waals surface area (Å²) in [5.41, 5.74) is 0.443. The molecule has 0 bridgehead atoms. The van der Waals surface area contributed by atoms with E-state index in [-0.39, 0.29) is 5.41 Å². The second-order valence-electron chi connectivity index (χ2n) is 4.46. The first-order valence-corrected chi connectivity index (χ1v) is 5.44. The van der Waals surface area contributed by atoms with Crippen molar-refractivity contribution < 1.29 is 19.1 Å². The molecule has 0 aliphatic rings. The van der Waals surface area contributed by atoms with Crippen molar-refractivity contribution in [3.63, 3.8) is 0 Å². The SMILES string of the molecule is CNC(=O)ON=C(COCCOC)C(C)(C)C. The Morgan fingerprint density at radius 1 is 1.29 bits per heavy atom. The van der Waals surface area contributed by atoms with E-state index in [1.165, 1.54) is 7.05 Å². The summed E-state index contributed by atoms with van der Waals surface area (Å²) >= 11 is 0. The monoisotopic (exact) mass is 246 g/mol. The van der Waals surface area contributed by atoms with Gasteiger partial charge in [0.25, 0.3) is 0 Å². The molecule has 0 saturated heterocycles. The second kappa shape index (κ2) is 8.03. The molecule has 0 aromatic carbocycles. The van der Waals surface area contributed by atoms with E-state index in [1.807, 2.05) is 20.8 Å². The van der Waals surface area contributed by atoms with E-state index in [1.54, 1.807) is 7.11 Å². The first-order chi connectivity index (χ1) is 7.91. The minimum absolute atomic E-state index is 0.221. The molecular formula is C11H22N2O4. The van der Waals surface area contributed by atoms with Crippen molar-refractivity contribution in [2.24, 2.45) is 10.6 Å². The van der Waals surface area contributed by atoms with Gasteiger partial charge in [0.05, 0.1) is 25.5 Å². The standard InChI is InChI=1S/C11H22N2O4/c1-11(2,3)9(8-16-7-6-15-5)13-17-10(14)12-4/h6-8H2,1-5H3,(H,12,14). The van der Waals surface area contributed by atoms with Crippen molar-refractivity contribution >= 4 is 11.8 Å². The highest BCUT2D eigenvalue weighted by Crippen LogP contribution is 2.16. The average Bonchev–Trinajstić information content (AvgIpc) is 2.25. The van der Waals surface area contributed by atoms with Crippen LogP contribution in [0.2, 0.25) is 0 Å². The fourth-order valence-electron chi connectivity index (χ4n) is 0.833. The molecule has 0 unspecified atom stereocenters. The highest BCUT2D eigenvalue weighted by atomic mass is 16.7. The minimum atomic E-state index is -0.594. The summed E-state index contributed by atoms with van der Waals surface area (Å²) in [5.74, 6) is 0. The lowest BCUT2D eigenvalue weighted by Crippen LogP contribution is -2.28. The summed E-state index contributed by atoms with van der Waals surface area (Å²) in [4.78, 5) is 15.6. The van der Waals surface area contributed by atoms with Crippen LogP contribution < -0.4 is 5.32 Å². The molecule has 0 fully saturated rings. The largest absolute Gasteiger partial charge is 0.433 e. The molecule has 100 valence electrons. The van der Waals surface area contributed by atoms with Gasteiger partial charge in [-0.1, -0.05) is 25.9 Å². The molecule has 0 spiro atoms. The van der Waals surface area contributed by atoms with Crippen molar-refractivity contribution in [2.75, 3.05) is 34.0 Å². The Hall–Kier alpha value is -1.14. The maximum absolute atomic E-state index is 10.9. The van der Waals surface area contributed by atoms with E-state index >= 15 is 0 Å². The lowest BCUT2D eigenvalue weighted by atomic mass is 9.90. The van der Waals surface area contributed by atoms with Crippen molar-refractivity contribution in [3.05, 3.63) is 0 Å². The third-order valence-corrected chi connectivity index (χ3v) is 1.98. The Balaban J connectivity index is 4.29. The number of amides is 1. The number of rotatable bonds is 6. The Bertz CT molecular complexity index is 259. The van der Waals surface area contributed by atoms with Crippen LogP contribution in [0.25, 0.3) is 0 Å². The number of ether oxygens (including phenoxy) is 2. The Kier molecular flexibility index (Phi) is 7.49. The first-order valence-electron chi connectivity index (χ1n) is 5.44. The van der Waals surface area contributed by atoms with Gasteiger partial charge in [-0.2, -0.15) is 0 Å². The third-order valence-electron chi connectivity index (χ3n) is 1.98. The molecule has 1 amide bonds. The van der Waals surface area contributed by atoms with Crippen molar-refractivity contribution in [3.8, 4) is 0 Å². The van der Waals surface area contributed by atoms with Gasteiger partial charge in [0.15, 0.2) is 0 Å². The fraction of sp³-hybridized carbons (Fsp3) is 0.818. The summed E-state index contributed by atoms with van der Waals surface area (Å²) in [5, 5.41) is 6.12. The zero-order valence-corrected chi connectivity index (χ0v) is 11.2. The van der Waals surface area contributed by atoms with Crippen molar-refractivity contribution in [2.45, 2.75) is 20.8 Å². The van der Waals surface area contributed by atoms with Gasteiger partial charge in [-0.3, -0.25) is 4.84 Å². The number of carbonyl (C=O) groups is 1. The Labute approximate surface area is 102 Å². The predicted molar refractivity (Wildman–Crippen MR) is 65.1 cm³/mol. The zero-order valence-electron chi connectivity index (χ0n) is 11.2. The van der Waals surface area contributed by atoms with Crippen LogP contribution in [0.3, 0.4) is 0 Å². The maximum Gasteiger partial charge on any atom is 0.433 e. The van der Waals surface area contributed by atoms with Crippen molar-refractivity contribution in [1.29, 1.82) is 0 Å². The molecular weight excluding hydrogens is 224 g/mol. The number of hydrogen-bond donors (Lipinski definition) is 1. The maximum atomic E-state index is 10.9. The van der Waals surface area contributed by atoms with Gasteiger partial charge in [0, 0.05) is 19.6 Å². The number of methoxy groups -OCH3 is 1. The number of oxime groups is 1. The molecule has 17 heavy (non-hydrogen) atoms. The lowest BCUT2D eigenvalue weighted by Gasteiger charge is -2.20. The predicted octanol–water partition coefficient (Wildman–Crippen LogP) is 1.41. The molecule has 0 saturated carbocycles. The molecule has 0 atom stereocenters. The quantitative estimate of drug-likeness (QED) is 0.333. The molecule has 0 aromatic heterocycles. The van der Waals surface area contributed by atoms with E-state index in [0.717, 1.165) is 0 Å². The number of nitrogens with one attached hydrogen (secondary N) is 1. The van der Waals surface area contributed by atoms with Crippen LogP contribution in [0.15, 0.2) is 5.16 Å². The van der Waals surface area contributed by atoms with E-state index in [9.17, 15) is 4.79 Å². The molecule has 0 heterocycles. The molecule has 6 nitrogen and oxygen atoms in total. The number of carbonyl (C=O) groups excluding carboxylic acids is 1. The van der Waals surface area contributed by atoms with Crippen LogP contribution in [0.1, 0.15) is 20.8 Å². The minimum Gasteiger partial charge on any atom is -0.382 e. The van der Waals surface area contributed by atoms with Gasteiger partial charge in [-0.25, -0.2) is 4.79 Å². The van der Waals surface area contributed by atoms with Crippen LogP contribution >= 0.6 is 0 Å².